The lowest BCUT2D eigenvalue weighted by atomic mass is 9.88. The highest BCUT2D eigenvalue weighted by Crippen LogP contribution is 2.46. The van der Waals surface area contributed by atoms with Crippen molar-refractivity contribution < 1.29 is 51.2 Å². The minimum Gasteiger partial charge on any atom is -0.454 e. The molecule has 0 aliphatic carbocycles. The number of sulfone groups is 1. The molecule has 6 heterocycles. The summed E-state index contributed by atoms with van der Waals surface area (Å²) in [4.78, 5) is 34.2. The molecule has 57 heavy (non-hydrogen) atoms. The van der Waals surface area contributed by atoms with E-state index < -0.39 is 38.9 Å². The molecular weight excluding hydrogens is 765 g/mol. The molecule has 0 unspecified atom stereocenters. The molecule has 1 N–H and O–H groups in total. The molecule has 1 saturated heterocycles. The van der Waals surface area contributed by atoms with Crippen LogP contribution >= 0.6 is 0 Å². The van der Waals surface area contributed by atoms with Crippen LogP contribution < -0.4 is 19.1 Å². The summed E-state index contributed by atoms with van der Waals surface area (Å²) in [7, 11) is -4.22. The highest BCUT2D eigenvalue weighted by atomic mass is 32.2. The molecule has 3 aromatic carbocycles. The normalized spacial score (nSPS) is 17.4. The van der Waals surface area contributed by atoms with Crippen LogP contribution in [0.25, 0.3) is 10.9 Å². The second-order valence-corrected chi connectivity index (χ2v) is 15.2. The van der Waals surface area contributed by atoms with Crippen molar-refractivity contribution in [3.63, 3.8) is 0 Å². The molecule has 0 radical (unpaired) electrons. The first kappa shape index (κ1) is 36.1. The third kappa shape index (κ3) is 6.66. The Morgan fingerprint density at radius 3 is 2.56 bits per heavy atom. The highest BCUT2D eigenvalue weighted by Gasteiger charge is 2.53. The molecule has 3 aliphatic heterocycles. The van der Waals surface area contributed by atoms with Crippen LogP contribution in [0.15, 0.2) is 93.5 Å². The Morgan fingerprint density at radius 1 is 0.930 bits per heavy atom. The number of amides is 3. The number of aromatic amines is 1. The van der Waals surface area contributed by atoms with Crippen LogP contribution in [0.1, 0.15) is 28.6 Å². The molecule has 1 fully saturated rings. The number of carbonyl (C=O) groups excluding carboxylic acids is 2. The Bertz CT molecular complexity index is 2570. The van der Waals surface area contributed by atoms with E-state index in [1.54, 1.807) is 21.8 Å². The molecule has 3 aliphatic rings. The van der Waals surface area contributed by atoms with E-state index in [1.165, 1.54) is 29.2 Å². The van der Waals surface area contributed by atoms with Gasteiger partial charge in [-0.2, -0.15) is 0 Å². The van der Waals surface area contributed by atoms with Crippen molar-refractivity contribution in [1.29, 1.82) is 0 Å². The van der Waals surface area contributed by atoms with Gasteiger partial charge in [-0.15, -0.1) is 5.10 Å². The van der Waals surface area contributed by atoms with Crippen LogP contribution in [0, 0.1) is 5.21 Å². The standard InChI is InChI=1S/C37H34N8O11S/c46-35-29-19-27-26-8-4-5-9-28(26)38-32(27)33(23-10-11-30-31(18-23)55-22-54-30)44(29)37(47)43(35)21-24-20-42(41-39-24)12-13-51-14-15-52-16-17-53-34-36(45(48)56-40-34)57(49,50)25-6-2-1-3-7-25/h1-11,18,20,29,33,38H,12-17,19,21-22H2/t29-,33+/m0/s1. The van der Waals surface area contributed by atoms with Crippen molar-refractivity contribution in [1.82, 2.24) is 34.9 Å². The predicted molar refractivity (Wildman–Crippen MR) is 192 cm³/mol. The number of nitrogens with zero attached hydrogens (tertiary/aromatic N) is 7. The van der Waals surface area contributed by atoms with Crippen LogP contribution in [0.4, 0.5) is 4.79 Å². The van der Waals surface area contributed by atoms with Gasteiger partial charge in [-0.05, 0) is 46.4 Å². The summed E-state index contributed by atoms with van der Waals surface area (Å²) in [5.74, 6) is 0.429. The van der Waals surface area contributed by atoms with Gasteiger partial charge in [0.05, 0.1) is 55.8 Å². The first-order valence-electron chi connectivity index (χ1n) is 18.0. The number of hydrogen-bond acceptors (Lipinski definition) is 14. The van der Waals surface area contributed by atoms with Gasteiger partial charge in [-0.1, -0.05) is 47.7 Å². The Hall–Kier alpha value is -6.51. The third-order valence-corrected chi connectivity index (χ3v) is 11.6. The van der Waals surface area contributed by atoms with Gasteiger partial charge in [-0.25, -0.2) is 17.9 Å². The van der Waals surface area contributed by atoms with E-state index >= 15 is 0 Å². The molecule has 3 amide bonds. The number of carbonyl (C=O) groups is 2. The minimum absolute atomic E-state index is 0.0488. The Labute approximate surface area is 323 Å². The van der Waals surface area contributed by atoms with Gasteiger partial charge in [0.2, 0.25) is 6.79 Å². The van der Waals surface area contributed by atoms with Crippen molar-refractivity contribution in [3.8, 4) is 17.4 Å². The first-order chi connectivity index (χ1) is 27.8. The molecular formula is C37H34N8O11S. The van der Waals surface area contributed by atoms with E-state index in [-0.39, 0.29) is 62.1 Å². The fourth-order valence-electron chi connectivity index (χ4n) is 7.30. The van der Waals surface area contributed by atoms with Crippen LogP contribution in [0.2, 0.25) is 0 Å². The second kappa shape index (κ2) is 14.9. The largest absolute Gasteiger partial charge is 0.454 e. The predicted octanol–water partition coefficient (Wildman–Crippen LogP) is 2.53. The number of hydrogen-bond donors (Lipinski definition) is 1. The maximum atomic E-state index is 14.1. The summed E-state index contributed by atoms with van der Waals surface area (Å²) < 4.78 is 59.5. The summed E-state index contributed by atoms with van der Waals surface area (Å²) >= 11 is 0. The Balaban J connectivity index is 0.768. The monoisotopic (exact) mass is 798 g/mol. The summed E-state index contributed by atoms with van der Waals surface area (Å²) in [5, 5.41) is 24.1. The maximum absolute atomic E-state index is 14.1. The Kier molecular flexibility index (Phi) is 9.42. The van der Waals surface area contributed by atoms with E-state index in [2.05, 4.69) is 25.1 Å². The van der Waals surface area contributed by atoms with Crippen LogP contribution in [-0.4, -0.2) is 101 Å². The maximum Gasteiger partial charge on any atom is 0.415 e. The number of ether oxygens (including phenoxy) is 5. The highest BCUT2D eigenvalue weighted by molar-refractivity contribution is 7.91. The second-order valence-electron chi connectivity index (χ2n) is 13.3. The molecule has 294 valence electrons. The van der Waals surface area contributed by atoms with E-state index in [1.807, 2.05) is 42.5 Å². The van der Waals surface area contributed by atoms with E-state index in [9.17, 15) is 23.2 Å². The van der Waals surface area contributed by atoms with Crippen molar-refractivity contribution >= 4 is 32.7 Å². The molecule has 0 spiro atoms. The van der Waals surface area contributed by atoms with Crippen molar-refractivity contribution in [2.24, 2.45) is 0 Å². The quantitative estimate of drug-likeness (QED) is 0.0897. The van der Waals surface area contributed by atoms with Gasteiger partial charge in [0.25, 0.3) is 15.7 Å². The first-order valence-corrected chi connectivity index (χ1v) is 19.5. The zero-order valence-electron chi connectivity index (χ0n) is 30.1. The van der Waals surface area contributed by atoms with Gasteiger partial charge in [0.1, 0.15) is 24.4 Å². The van der Waals surface area contributed by atoms with E-state index in [4.69, 9.17) is 23.7 Å². The summed E-state index contributed by atoms with van der Waals surface area (Å²) in [6, 6.07) is 19.2. The molecule has 0 saturated carbocycles. The average Bonchev–Trinajstić information content (AvgIpc) is 4.06. The molecule has 0 bridgehead atoms. The number of rotatable bonds is 15. The zero-order chi connectivity index (χ0) is 39.1. The van der Waals surface area contributed by atoms with Crippen molar-refractivity contribution in [2.75, 3.05) is 39.8 Å². The van der Waals surface area contributed by atoms with Gasteiger partial charge >= 0.3 is 16.9 Å². The molecule has 20 heteroatoms. The average molecular weight is 799 g/mol. The van der Waals surface area contributed by atoms with Crippen LogP contribution in [0.5, 0.6) is 17.4 Å². The van der Waals surface area contributed by atoms with E-state index in [0.717, 1.165) is 27.7 Å². The SMILES string of the molecule is O=C1[C@@H]2Cc3c([nH]c4ccccc34)[C@@H](c3ccc4c(c3)OCO4)N2C(=O)N1Cc1cn(CCOCCOCCOc2no[n+]([O-])c2S(=O)(=O)c2ccccc2)nn1. The Morgan fingerprint density at radius 2 is 1.70 bits per heavy atom. The lowest BCUT2D eigenvalue weighted by Crippen LogP contribution is -2.44. The van der Waals surface area contributed by atoms with Gasteiger partial charge in [0, 0.05) is 23.0 Å². The lowest BCUT2D eigenvalue weighted by Gasteiger charge is -2.36. The van der Waals surface area contributed by atoms with Gasteiger partial charge in [-0.3, -0.25) is 19.2 Å². The lowest BCUT2D eigenvalue weighted by molar-refractivity contribution is -0.832. The molecule has 6 aromatic rings. The minimum atomic E-state index is -4.22. The third-order valence-electron chi connectivity index (χ3n) is 9.91. The molecule has 9 rings (SSSR count). The van der Waals surface area contributed by atoms with Crippen molar-refractivity contribution in [2.45, 2.75) is 41.5 Å². The summed E-state index contributed by atoms with van der Waals surface area (Å²) in [6.07, 6.45) is 2.04. The molecule has 19 nitrogen and oxygen atoms in total. The van der Waals surface area contributed by atoms with Gasteiger partial charge in [0.15, 0.2) is 11.5 Å². The van der Waals surface area contributed by atoms with E-state index in [0.29, 0.717) is 30.2 Å². The number of fused-ring (bicyclic) bond motifs is 5. The smallest absolute Gasteiger partial charge is 0.415 e. The number of imide groups is 1. The molecule has 2 atom stereocenters. The number of para-hydroxylation sites is 1. The number of H-pyrrole nitrogens is 1. The molecule has 3 aromatic heterocycles. The number of benzene rings is 3. The summed E-state index contributed by atoms with van der Waals surface area (Å²) in [6.45, 7) is 1.07. The van der Waals surface area contributed by atoms with Crippen molar-refractivity contribution in [3.05, 3.63) is 107 Å². The van der Waals surface area contributed by atoms with Crippen LogP contribution in [0.3, 0.4) is 0 Å². The number of aromatic nitrogens is 6. The zero-order valence-corrected chi connectivity index (χ0v) is 30.9. The summed E-state index contributed by atoms with van der Waals surface area (Å²) in [5.41, 5.74) is 4.02. The topological polar surface area (TPSA) is 220 Å². The number of urea groups is 1. The van der Waals surface area contributed by atoms with Gasteiger partial charge < -0.3 is 33.9 Å². The fraction of sp³-hybridized carbons (Fsp3) is 0.297. The fourth-order valence-corrected chi connectivity index (χ4v) is 8.60. The van der Waals surface area contributed by atoms with Crippen LogP contribution in [-0.2, 0) is 43.6 Å². The number of nitrogens with one attached hydrogen (secondary N) is 1.